The van der Waals surface area contributed by atoms with Gasteiger partial charge in [-0.3, -0.25) is 14.9 Å². The largest absolute Gasteiger partial charge is 0.362 e. The molecule has 1 aromatic rings. The molecule has 5 nitrogen and oxygen atoms in total. The van der Waals surface area contributed by atoms with Crippen molar-refractivity contribution in [2.45, 2.75) is 39.2 Å². The number of hydrogen-bond donors (Lipinski definition) is 1. The topological polar surface area (TPSA) is 66.5 Å². The lowest BCUT2D eigenvalue weighted by Gasteiger charge is -2.32. The Bertz CT molecular complexity index is 514. The van der Waals surface area contributed by atoms with E-state index in [0.717, 1.165) is 17.5 Å². The maximum atomic E-state index is 11.8. The molecule has 0 aliphatic carbocycles. The Balaban J connectivity index is 0.00000106. The van der Waals surface area contributed by atoms with Crippen LogP contribution in [0.4, 0.5) is 5.69 Å². The van der Waals surface area contributed by atoms with Crippen LogP contribution in [0.1, 0.15) is 32.3 Å². The average Bonchev–Trinajstić information content (AvgIpc) is 2.50. The molecule has 2 rings (SSSR count). The second-order valence-electron chi connectivity index (χ2n) is 4.58. The van der Waals surface area contributed by atoms with Crippen LogP contribution in [0.3, 0.4) is 0 Å². The van der Waals surface area contributed by atoms with Gasteiger partial charge in [-0.15, -0.1) is 0 Å². The van der Waals surface area contributed by atoms with Crippen molar-refractivity contribution in [2.24, 2.45) is 0 Å². The number of rotatable bonds is 4. The average molecular weight is 290 g/mol. The highest BCUT2D eigenvalue weighted by atomic mass is 16.2. The van der Waals surface area contributed by atoms with E-state index < -0.39 is 0 Å². The van der Waals surface area contributed by atoms with Crippen LogP contribution >= 0.6 is 0 Å². The molecule has 1 N–H and O–H groups in total. The Morgan fingerprint density at radius 2 is 1.95 bits per heavy atom. The molecule has 114 valence electrons. The Hall–Kier alpha value is -2.17. The fraction of sp³-hybridized carbons (Fsp3) is 0.438. The number of carbonyl (C=O) groups excluding carboxylic acids is 3. The zero-order valence-corrected chi connectivity index (χ0v) is 12.8. The molecule has 1 aliphatic rings. The van der Waals surface area contributed by atoms with E-state index in [1.54, 1.807) is 0 Å². The third-order valence-corrected chi connectivity index (χ3v) is 3.35. The van der Waals surface area contributed by atoms with Gasteiger partial charge in [-0.05, 0) is 18.1 Å². The van der Waals surface area contributed by atoms with Crippen molar-refractivity contribution in [2.75, 3.05) is 11.9 Å². The first-order chi connectivity index (χ1) is 10.1. The first-order valence-corrected chi connectivity index (χ1v) is 7.21. The van der Waals surface area contributed by atoms with Crippen molar-refractivity contribution >= 4 is 23.8 Å². The summed E-state index contributed by atoms with van der Waals surface area (Å²) in [6.07, 6.45) is 2.00. The molecular formula is C16H22N2O3. The van der Waals surface area contributed by atoms with Crippen molar-refractivity contribution in [3.8, 4) is 0 Å². The lowest BCUT2D eigenvalue weighted by molar-refractivity contribution is -0.134. The third kappa shape index (κ3) is 4.15. The minimum absolute atomic E-state index is 0.226. The van der Waals surface area contributed by atoms with Crippen LogP contribution in [-0.2, 0) is 20.8 Å². The van der Waals surface area contributed by atoms with E-state index in [2.05, 4.69) is 5.32 Å². The van der Waals surface area contributed by atoms with Crippen LogP contribution in [0.25, 0.3) is 0 Å². The summed E-state index contributed by atoms with van der Waals surface area (Å²) in [5.74, 6) is -0.504. The molecule has 1 atom stereocenters. The zero-order chi connectivity index (χ0) is 15.8. The van der Waals surface area contributed by atoms with Crippen molar-refractivity contribution in [1.29, 1.82) is 0 Å². The van der Waals surface area contributed by atoms with Crippen LogP contribution in [0, 0.1) is 0 Å². The zero-order valence-electron chi connectivity index (χ0n) is 12.8. The SMILES string of the molecule is CC.CN(c1ccccc1CC=O)C1CCC(=O)NC1=O. The summed E-state index contributed by atoms with van der Waals surface area (Å²) in [7, 11) is 1.81. The monoisotopic (exact) mass is 290 g/mol. The molecule has 1 aromatic carbocycles. The molecule has 2 amide bonds. The van der Waals surface area contributed by atoms with Crippen LogP contribution in [0.15, 0.2) is 24.3 Å². The highest BCUT2D eigenvalue weighted by molar-refractivity contribution is 6.01. The van der Waals surface area contributed by atoms with Crippen molar-refractivity contribution in [3.63, 3.8) is 0 Å². The lowest BCUT2D eigenvalue weighted by atomic mass is 10.0. The highest BCUT2D eigenvalue weighted by Gasteiger charge is 2.30. The number of aldehydes is 1. The van der Waals surface area contributed by atoms with Crippen LogP contribution in [-0.4, -0.2) is 31.2 Å². The number of benzene rings is 1. The molecule has 0 bridgehead atoms. The number of likely N-dealkylation sites (N-methyl/N-ethyl adjacent to an activating group) is 1. The molecule has 5 heteroatoms. The van der Waals surface area contributed by atoms with Gasteiger partial charge in [0.1, 0.15) is 12.3 Å². The van der Waals surface area contributed by atoms with Gasteiger partial charge in [-0.25, -0.2) is 0 Å². The Kier molecular flexibility index (Phi) is 6.59. The number of anilines is 1. The summed E-state index contributed by atoms with van der Waals surface area (Å²) in [4.78, 5) is 35.5. The van der Waals surface area contributed by atoms with Crippen LogP contribution < -0.4 is 10.2 Å². The maximum Gasteiger partial charge on any atom is 0.249 e. The quantitative estimate of drug-likeness (QED) is 0.677. The van der Waals surface area contributed by atoms with E-state index in [4.69, 9.17) is 0 Å². The van der Waals surface area contributed by atoms with E-state index in [-0.39, 0.29) is 17.9 Å². The molecule has 21 heavy (non-hydrogen) atoms. The predicted molar refractivity (Wildman–Crippen MR) is 82.1 cm³/mol. The van der Waals surface area contributed by atoms with Crippen molar-refractivity contribution < 1.29 is 14.4 Å². The second kappa shape index (κ2) is 8.19. The number of para-hydroxylation sites is 1. The molecule has 1 fully saturated rings. The Morgan fingerprint density at radius 1 is 1.29 bits per heavy atom. The van der Waals surface area contributed by atoms with Gasteiger partial charge in [0.15, 0.2) is 0 Å². The van der Waals surface area contributed by atoms with Gasteiger partial charge < -0.3 is 9.69 Å². The molecule has 0 saturated carbocycles. The summed E-state index contributed by atoms with van der Waals surface area (Å²) in [5, 5.41) is 2.34. The van der Waals surface area contributed by atoms with E-state index >= 15 is 0 Å². The van der Waals surface area contributed by atoms with Gasteiger partial charge in [-0.1, -0.05) is 32.0 Å². The molecule has 0 radical (unpaired) electrons. The number of piperidine rings is 1. The summed E-state index contributed by atoms with van der Waals surface area (Å²) in [6, 6.07) is 7.10. The van der Waals surface area contributed by atoms with E-state index in [1.807, 2.05) is 50.1 Å². The molecule has 0 spiro atoms. The minimum atomic E-state index is -0.370. The van der Waals surface area contributed by atoms with Crippen molar-refractivity contribution in [1.82, 2.24) is 5.32 Å². The number of nitrogens with zero attached hydrogens (tertiary/aromatic N) is 1. The molecule has 0 aromatic heterocycles. The second-order valence-corrected chi connectivity index (χ2v) is 4.58. The molecule has 1 unspecified atom stereocenters. The fourth-order valence-corrected chi connectivity index (χ4v) is 2.34. The Morgan fingerprint density at radius 3 is 2.57 bits per heavy atom. The highest BCUT2D eigenvalue weighted by Crippen LogP contribution is 2.24. The minimum Gasteiger partial charge on any atom is -0.362 e. The van der Waals surface area contributed by atoms with E-state index in [0.29, 0.717) is 19.3 Å². The molecule has 1 aliphatic heterocycles. The molecule has 1 heterocycles. The fourth-order valence-electron chi connectivity index (χ4n) is 2.34. The standard InChI is InChI=1S/C14H16N2O3.C2H6/c1-16(12-6-7-13(18)15-14(12)19)11-5-3-2-4-10(11)8-9-17;1-2/h2-5,9,12H,6-8H2,1H3,(H,15,18,19);1-2H3. The van der Waals surface area contributed by atoms with Gasteiger partial charge in [0.25, 0.3) is 0 Å². The van der Waals surface area contributed by atoms with Gasteiger partial charge in [0.2, 0.25) is 11.8 Å². The number of amides is 2. The summed E-state index contributed by atoms with van der Waals surface area (Å²) in [5.41, 5.74) is 1.73. The van der Waals surface area contributed by atoms with Gasteiger partial charge in [0.05, 0.1) is 0 Å². The normalized spacial score (nSPS) is 17.4. The Labute approximate surface area is 125 Å². The van der Waals surface area contributed by atoms with Crippen LogP contribution in [0.2, 0.25) is 0 Å². The number of nitrogens with one attached hydrogen (secondary N) is 1. The predicted octanol–water partition coefficient (Wildman–Crippen LogP) is 1.70. The summed E-state index contributed by atoms with van der Waals surface area (Å²) >= 11 is 0. The van der Waals surface area contributed by atoms with Gasteiger partial charge in [0, 0.05) is 25.6 Å². The molecular weight excluding hydrogens is 268 g/mol. The van der Waals surface area contributed by atoms with Gasteiger partial charge in [-0.2, -0.15) is 0 Å². The number of carbonyl (C=O) groups is 3. The first-order valence-electron chi connectivity index (χ1n) is 7.21. The molecule has 1 saturated heterocycles. The van der Waals surface area contributed by atoms with Crippen molar-refractivity contribution in [3.05, 3.63) is 29.8 Å². The number of imide groups is 1. The maximum absolute atomic E-state index is 11.8. The first kappa shape index (κ1) is 16.9. The van der Waals surface area contributed by atoms with Gasteiger partial charge >= 0.3 is 0 Å². The lowest BCUT2D eigenvalue weighted by Crippen LogP contribution is -2.51. The van der Waals surface area contributed by atoms with Crippen LogP contribution in [0.5, 0.6) is 0 Å². The third-order valence-electron chi connectivity index (χ3n) is 3.35. The summed E-state index contributed by atoms with van der Waals surface area (Å²) < 4.78 is 0. The van der Waals surface area contributed by atoms with E-state index in [9.17, 15) is 14.4 Å². The smallest absolute Gasteiger partial charge is 0.249 e. The van der Waals surface area contributed by atoms with E-state index in [1.165, 1.54) is 0 Å². The number of hydrogen-bond acceptors (Lipinski definition) is 4. The summed E-state index contributed by atoms with van der Waals surface area (Å²) in [6.45, 7) is 4.00.